The fourth-order valence-electron chi connectivity index (χ4n) is 3.36. The summed E-state index contributed by atoms with van der Waals surface area (Å²) in [5.41, 5.74) is 5.11. The lowest BCUT2D eigenvalue weighted by atomic mass is 9.83. The van der Waals surface area contributed by atoms with E-state index in [1.165, 1.54) is 22.0 Å². The Labute approximate surface area is 132 Å². The number of aryl methyl sites for hydroxylation is 2. The van der Waals surface area contributed by atoms with E-state index in [2.05, 4.69) is 75.7 Å². The van der Waals surface area contributed by atoms with E-state index in [1.807, 2.05) is 12.3 Å². The standard InChI is InChI=1S/C20H24N2/c1-14-9-7-12-21-17(14)19(20(3,4)5)22-13-11-16-10-6-8-15(2)18(16)22/h6-13,19H,1-5H3. The van der Waals surface area contributed by atoms with Crippen LogP contribution in [0.15, 0.2) is 48.8 Å². The van der Waals surface area contributed by atoms with Crippen LogP contribution in [0.4, 0.5) is 0 Å². The van der Waals surface area contributed by atoms with Crippen LogP contribution in [0.1, 0.15) is 43.6 Å². The Bertz CT molecular complexity index is 806. The van der Waals surface area contributed by atoms with E-state index in [1.54, 1.807) is 0 Å². The molecule has 0 aliphatic heterocycles. The van der Waals surface area contributed by atoms with Crippen LogP contribution in [0.3, 0.4) is 0 Å². The molecular weight excluding hydrogens is 268 g/mol. The molecule has 0 amide bonds. The van der Waals surface area contributed by atoms with Crippen LogP contribution in [0.25, 0.3) is 10.9 Å². The van der Waals surface area contributed by atoms with Crippen molar-refractivity contribution in [3.63, 3.8) is 0 Å². The first kappa shape index (κ1) is 14.8. The molecule has 3 aromatic rings. The van der Waals surface area contributed by atoms with Crippen molar-refractivity contribution in [2.45, 2.75) is 40.7 Å². The zero-order valence-corrected chi connectivity index (χ0v) is 14.1. The van der Waals surface area contributed by atoms with Gasteiger partial charge in [0, 0.05) is 12.4 Å². The maximum atomic E-state index is 4.72. The number of fused-ring (bicyclic) bond motifs is 1. The summed E-state index contributed by atoms with van der Waals surface area (Å²) in [4.78, 5) is 4.72. The molecule has 0 bridgehead atoms. The molecule has 0 saturated heterocycles. The molecular formula is C20H24N2. The number of aromatic nitrogens is 2. The third-order valence-corrected chi connectivity index (χ3v) is 4.35. The van der Waals surface area contributed by atoms with Crippen molar-refractivity contribution in [3.8, 4) is 0 Å². The van der Waals surface area contributed by atoms with Gasteiger partial charge in [0.2, 0.25) is 0 Å². The van der Waals surface area contributed by atoms with Crippen molar-refractivity contribution >= 4 is 10.9 Å². The molecule has 1 atom stereocenters. The Balaban J connectivity index is 2.29. The molecule has 2 aromatic heterocycles. The van der Waals surface area contributed by atoms with Crippen molar-refractivity contribution in [1.29, 1.82) is 0 Å². The predicted molar refractivity (Wildman–Crippen MR) is 93.2 cm³/mol. The van der Waals surface area contributed by atoms with E-state index in [9.17, 15) is 0 Å². The lowest BCUT2D eigenvalue weighted by molar-refractivity contribution is 0.283. The third kappa shape index (κ3) is 2.43. The first-order valence-corrected chi connectivity index (χ1v) is 7.87. The molecule has 0 N–H and O–H groups in total. The molecule has 0 radical (unpaired) electrons. The molecule has 0 fully saturated rings. The summed E-state index contributed by atoms with van der Waals surface area (Å²) in [6, 6.07) is 13.1. The van der Waals surface area contributed by atoms with Crippen molar-refractivity contribution in [1.82, 2.24) is 9.55 Å². The van der Waals surface area contributed by atoms with Crippen LogP contribution < -0.4 is 0 Å². The Morgan fingerprint density at radius 1 is 0.955 bits per heavy atom. The summed E-state index contributed by atoms with van der Waals surface area (Å²) in [6.45, 7) is 11.2. The van der Waals surface area contributed by atoms with Crippen molar-refractivity contribution < 1.29 is 0 Å². The van der Waals surface area contributed by atoms with Gasteiger partial charge in [-0.2, -0.15) is 0 Å². The van der Waals surface area contributed by atoms with Crippen LogP contribution >= 0.6 is 0 Å². The molecule has 1 aromatic carbocycles. The zero-order chi connectivity index (χ0) is 15.9. The van der Waals surface area contributed by atoms with Crippen molar-refractivity contribution in [2.75, 3.05) is 0 Å². The minimum Gasteiger partial charge on any atom is -0.338 e. The fourth-order valence-corrected chi connectivity index (χ4v) is 3.36. The summed E-state index contributed by atoms with van der Waals surface area (Å²) in [6.07, 6.45) is 4.11. The first-order chi connectivity index (χ1) is 10.4. The summed E-state index contributed by atoms with van der Waals surface area (Å²) in [5, 5.41) is 1.29. The highest BCUT2D eigenvalue weighted by Gasteiger charge is 2.31. The second kappa shape index (κ2) is 5.28. The molecule has 3 rings (SSSR count). The number of hydrogen-bond donors (Lipinski definition) is 0. The maximum absolute atomic E-state index is 4.72. The zero-order valence-electron chi connectivity index (χ0n) is 14.1. The molecule has 0 aliphatic rings. The second-order valence-corrected chi connectivity index (χ2v) is 7.21. The smallest absolute Gasteiger partial charge is 0.0808 e. The van der Waals surface area contributed by atoms with Crippen molar-refractivity contribution in [3.05, 3.63) is 65.6 Å². The quantitative estimate of drug-likeness (QED) is 0.627. The lowest BCUT2D eigenvalue weighted by Gasteiger charge is -2.33. The van der Waals surface area contributed by atoms with E-state index in [0.717, 1.165) is 5.69 Å². The summed E-state index contributed by atoms with van der Waals surface area (Å²) in [7, 11) is 0. The van der Waals surface area contributed by atoms with E-state index < -0.39 is 0 Å². The van der Waals surface area contributed by atoms with Crippen LogP contribution in [0.5, 0.6) is 0 Å². The van der Waals surface area contributed by atoms with E-state index in [4.69, 9.17) is 4.98 Å². The molecule has 0 saturated carbocycles. The first-order valence-electron chi connectivity index (χ1n) is 7.87. The normalized spacial score (nSPS) is 13.5. The number of rotatable bonds is 2. The van der Waals surface area contributed by atoms with Gasteiger partial charge in [0.05, 0.1) is 17.3 Å². The minimum absolute atomic E-state index is 0.0767. The fraction of sp³-hybridized carbons (Fsp3) is 0.350. The number of hydrogen-bond acceptors (Lipinski definition) is 1. The summed E-state index contributed by atoms with van der Waals surface area (Å²) >= 11 is 0. The van der Waals surface area contributed by atoms with Gasteiger partial charge in [-0.05, 0) is 47.9 Å². The highest BCUT2D eigenvalue weighted by molar-refractivity contribution is 5.83. The maximum Gasteiger partial charge on any atom is 0.0808 e. The van der Waals surface area contributed by atoms with Gasteiger partial charge >= 0.3 is 0 Å². The van der Waals surface area contributed by atoms with Gasteiger partial charge in [0.15, 0.2) is 0 Å². The Hall–Kier alpha value is -2.09. The largest absolute Gasteiger partial charge is 0.338 e. The molecule has 2 heteroatoms. The molecule has 0 spiro atoms. The summed E-state index contributed by atoms with van der Waals surface area (Å²) in [5.74, 6) is 0. The molecule has 2 nitrogen and oxygen atoms in total. The Kier molecular flexibility index (Phi) is 3.56. The monoisotopic (exact) mass is 292 g/mol. The van der Waals surface area contributed by atoms with Gasteiger partial charge in [0.25, 0.3) is 0 Å². The van der Waals surface area contributed by atoms with Gasteiger partial charge in [0.1, 0.15) is 0 Å². The van der Waals surface area contributed by atoms with Gasteiger partial charge in [-0.25, -0.2) is 0 Å². The Morgan fingerprint density at radius 3 is 2.36 bits per heavy atom. The topological polar surface area (TPSA) is 17.8 Å². The Morgan fingerprint density at radius 2 is 1.68 bits per heavy atom. The molecule has 114 valence electrons. The van der Waals surface area contributed by atoms with Crippen LogP contribution in [-0.2, 0) is 0 Å². The highest BCUT2D eigenvalue weighted by Crippen LogP contribution is 2.39. The van der Waals surface area contributed by atoms with Crippen molar-refractivity contribution in [2.24, 2.45) is 5.41 Å². The molecule has 22 heavy (non-hydrogen) atoms. The molecule has 0 aliphatic carbocycles. The van der Waals surface area contributed by atoms with Gasteiger partial charge in [-0.1, -0.05) is 45.0 Å². The number of benzene rings is 1. The predicted octanol–water partition coefficient (Wildman–Crippen LogP) is 5.29. The molecule has 2 heterocycles. The lowest BCUT2D eigenvalue weighted by Crippen LogP contribution is -2.27. The number of nitrogens with zero attached hydrogens (tertiary/aromatic N) is 2. The van der Waals surface area contributed by atoms with Crippen LogP contribution in [-0.4, -0.2) is 9.55 Å². The SMILES string of the molecule is Cc1cccnc1C(n1ccc2cccc(C)c21)C(C)(C)C. The van der Waals surface area contributed by atoms with Crippen LogP contribution in [0, 0.1) is 19.3 Å². The van der Waals surface area contributed by atoms with E-state index in [-0.39, 0.29) is 11.5 Å². The highest BCUT2D eigenvalue weighted by atomic mass is 15.0. The van der Waals surface area contributed by atoms with Gasteiger partial charge < -0.3 is 4.57 Å². The van der Waals surface area contributed by atoms with Gasteiger partial charge in [-0.15, -0.1) is 0 Å². The van der Waals surface area contributed by atoms with Crippen LogP contribution in [0.2, 0.25) is 0 Å². The van der Waals surface area contributed by atoms with E-state index >= 15 is 0 Å². The minimum atomic E-state index is 0.0767. The average molecular weight is 292 g/mol. The average Bonchev–Trinajstić information content (AvgIpc) is 2.85. The molecule has 1 unspecified atom stereocenters. The second-order valence-electron chi connectivity index (χ2n) is 7.21. The number of pyridine rings is 1. The van der Waals surface area contributed by atoms with Gasteiger partial charge in [-0.3, -0.25) is 4.98 Å². The van der Waals surface area contributed by atoms with E-state index in [0.29, 0.717) is 0 Å². The third-order valence-electron chi connectivity index (χ3n) is 4.35. The summed E-state index contributed by atoms with van der Waals surface area (Å²) < 4.78 is 2.40. The number of para-hydroxylation sites is 1.